The number of esters is 2. The first kappa shape index (κ1) is 18.4. The lowest BCUT2D eigenvalue weighted by molar-refractivity contribution is 0.0687. The van der Waals surface area contributed by atoms with Gasteiger partial charge in [0.2, 0.25) is 11.5 Å². The maximum Gasteiger partial charge on any atom is 0.343 e. The topological polar surface area (TPSA) is 65.7 Å². The molecule has 154 valence electrons. The van der Waals surface area contributed by atoms with Crippen LogP contribution in [0.15, 0.2) is 89.3 Å². The Hall–Kier alpha value is -4.38. The van der Waals surface area contributed by atoms with Crippen LogP contribution >= 0.6 is 0 Å². The molecule has 0 N–H and O–H groups in total. The van der Waals surface area contributed by atoms with Crippen LogP contribution in [0.2, 0.25) is 0 Å². The van der Waals surface area contributed by atoms with E-state index in [0.717, 1.165) is 22.3 Å². The highest BCUT2D eigenvalue weighted by atomic mass is 16.6. The summed E-state index contributed by atoms with van der Waals surface area (Å²) in [7, 11) is 0. The van der Waals surface area contributed by atoms with Gasteiger partial charge in [0.25, 0.3) is 0 Å². The number of hydrogen-bond donors (Lipinski definition) is 0. The van der Waals surface area contributed by atoms with Crippen LogP contribution in [0, 0.1) is 0 Å². The lowest BCUT2D eigenvalue weighted by Gasteiger charge is -2.10. The molecule has 0 amide bonds. The zero-order valence-electron chi connectivity index (χ0n) is 16.8. The molecule has 3 aromatic carbocycles. The van der Waals surface area contributed by atoms with Crippen molar-refractivity contribution in [2.45, 2.75) is 6.42 Å². The summed E-state index contributed by atoms with van der Waals surface area (Å²) in [4.78, 5) is 25.6. The maximum atomic E-state index is 12.8. The van der Waals surface area contributed by atoms with Gasteiger partial charge in [-0.2, -0.15) is 0 Å². The molecule has 5 nitrogen and oxygen atoms in total. The Bertz CT molecular complexity index is 1460. The summed E-state index contributed by atoms with van der Waals surface area (Å²) >= 11 is 0. The first-order chi connectivity index (χ1) is 15.7. The molecule has 32 heavy (non-hydrogen) atoms. The number of carbonyl (C=O) groups is 2. The van der Waals surface area contributed by atoms with Crippen LogP contribution in [0.3, 0.4) is 0 Å². The molecule has 5 heteroatoms. The minimum Gasteiger partial charge on any atom is -0.448 e. The Morgan fingerprint density at radius 1 is 0.656 bits per heavy atom. The first-order valence-electron chi connectivity index (χ1n) is 10.2. The lowest BCUT2D eigenvalue weighted by atomic mass is 10.1. The van der Waals surface area contributed by atoms with E-state index < -0.39 is 11.9 Å². The van der Waals surface area contributed by atoms with Gasteiger partial charge in [-0.3, -0.25) is 0 Å². The van der Waals surface area contributed by atoms with Crippen LogP contribution in [0.4, 0.5) is 0 Å². The van der Waals surface area contributed by atoms with Gasteiger partial charge in [0, 0.05) is 17.5 Å². The van der Waals surface area contributed by atoms with E-state index in [9.17, 15) is 9.59 Å². The van der Waals surface area contributed by atoms with Crippen molar-refractivity contribution in [2.75, 3.05) is 0 Å². The smallest absolute Gasteiger partial charge is 0.343 e. The summed E-state index contributed by atoms with van der Waals surface area (Å²) in [5.41, 5.74) is 5.66. The third-order valence-corrected chi connectivity index (χ3v) is 5.69. The molecular formula is C27H16O5. The standard InChI is InChI=1S/C27H16O5/c28-26(16-9-3-1-4-10-16)31-24-22-20-15-18-13-7-8-14-19(18)21(20)23(30-22)25(24)32-27(29)17-11-5-2-6-12-17/h1-14H,15H2. The second kappa shape index (κ2) is 7.10. The summed E-state index contributed by atoms with van der Waals surface area (Å²) in [6.45, 7) is 0. The van der Waals surface area contributed by atoms with Crippen LogP contribution in [0.1, 0.15) is 31.8 Å². The Morgan fingerprint density at radius 3 is 1.81 bits per heavy atom. The molecule has 0 saturated heterocycles. The first-order valence-corrected chi connectivity index (χ1v) is 10.2. The van der Waals surface area contributed by atoms with E-state index in [1.54, 1.807) is 48.5 Å². The van der Waals surface area contributed by atoms with Gasteiger partial charge >= 0.3 is 11.9 Å². The zero-order chi connectivity index (χ0) is 21.7. The van der Waals surface area contributed by atoms with Crippen molar-refractivity contribution >= 4 is 23.1 Å². The maximum absolute atomic E-state index is 12.8. The Labute approximate surface area is 183 Å². The average molecular weight is 420 g/mol. The highest BCUT2D eigenvalue weighted by Gasteiger charge is 2.36. The predicted molar refractivity (Wildman–Crippen MR) is 118 cm³/mol. The third-order valence-electron chi connectivity index (χ3n) is 5.69. The fraction of sp³-hybridized carbons (Fsp3) is 0.0370. The highest BCUT2D eigenvalue weighted by molar-refractivity contribution is 6.06. The number of furan rings is 2. The van der Waals surface area contributed by atoms with E-state index in [1.165, 1.54) is 0 Å². The fourth-order valence-electron chi connectivity index (χ4n) is 4.21. The summed E-state index contributed by atoms with van der Waals surface area (Å²) in [6.07, 6.45) is 0.663. The zero-order valence-corrected chi connectivity index (χ0v) is 16.8. The molecule has 0 unspecified atom stereocenters. The minimum absolute atomic E-state index is 0.133. The number of ether oxygens (including phenoxy) is 2. The second-order valence-corrected chi connectivity index (χ2v) is 7.62. The second-order valence-electron chi connectivity index (χ2n) is 7.62. The van der Waals surface area contributed by atoms with E-state index in [4.69, 9.17) is 13.9 Å². The number of rotatable bonds is 4. The average Bonchev–Trinajstić information content (AvgIpc) is 3.50. The van der Waals surface area contributed by atoms with E-state index in [0.29, 0.717) is 28.7 Å². The van der Waals surface area contributed by atoms with E-state index in [-0.39, 0.29) is 11.5 Å². The summed E-state index contributed by atoms with van der Waals surface area (Å²) < 4.78 is 17.5. The molecule has 0 saturated carbocycles. The molecule has 6 rings (SSSR count). The number of fused-ring (bicyclic) bond motifs is 7. The molecule has 0 fully saturated rings. The van der Waals surface area contributed by atoms with Gasteiger partial charge < -0.3 is 13.9 Å². The van der Waals surface area contributed by atoms with Gasteiger partial charge in [0.05, 0.1) is 11.1 Å². The van der Waals surface area contributed by atoms with Crippen molar-refractivity contribution in [1.29, 1.82) is 0 Å². The van der Waals surface area contributed by atoms with Gasteiger partial charge in [-0.05, 0) is 35.4 Å². The molecule has 0 atom stereocenters. The molecule has 2 aromatic heterocycles. The SMILES string of the molecule is O=C(Oc1c(OC(=O)c2ccccc2)c2oc1c1c2-c2ccccc2C1)c1ccccc1. The van der Waals surface area contributed by atoms with Crippen molar-refractivity contribution in [1.82, 2.24) is 0 Å². The van der Waals surface area contributed by atoms with Crippen LogP contribution in [0.25, 0.3) is 22.3 Å². The van der Waals surface area contributed by atoms with E-state index in [1.807, 2.05) is 30.3 Å². The van der Waals surface area contributed by atoms with Crippen molar-refractivity contribution in [3.8, 4) is 22.6 Å². The summed E-state index contributed by atoms with van der Waals surface area (Å²) in [5.74, 6) is -0.819. The molecule has 1 aliphatic carbocycles. The fourth-order valence-corrected chi connectivity index (χ4v) is 4.21. The van der Waals surface area contributed by atoms with Gasteiger partial charge in [-0.15, -0.1) is 0 Å². The summed E-state index contributed by atoms with van der Waals surface area (Å²) in [6, 6.07) is 25.4. The Balaban J connectivity index is 1.46. The molecule has 0 aliphatic heterocycles. The number of hydrogen-bond acceptors (Lipinski definition) is 5. The lowest BCUT2D eigenvalue weighted by Crippen LogP contribution is -2.12. The molecule has 2 bridgehead atoms. The largest absolute Gasteiger partial charge is 0.448 e. The molecule has 2 heterocycles. The van der Waals surface area contributed by atoms with Gasteiger partial charge in [0.1, 0.15) is 0 Å². The van der Waals surface area contributed by atoms with E-state index in [2.05, 4.69) is 6.07 Å². The van der Waals surface area contributed by atoms with Crippen molar-refractivity contribution in [3.05, 3.63) is 107 Å². The third kappa shape index (κ3) is 2.79. The minimum atomic E-state index is -0.549. The number of benzene rings is 4. The van der Waals surface area contributed by atoms with Gasteiger partial charge in [-0.1, -0.05) is 60.7 Å². The van der Waals surface area contributed by atoms with Crippen molar-refractivity contribution in [3.63, 3.8) is 0 Å². The van der Waals surface area contributed by atoms with Crippen LogP contribution in [0.5, 0.6) is 11.5 Å². The van der Waals surface area contributed by atoms with Crippen LogP contribution in [-0.2, 0) is 6.42 Å². The molecule has 0 spiro atoms. The molecular weight excluding hydrogens is 404 g/mol. The molecule has 0 radical (unpaired) electrons. The Kier molecular flexibility index (Phi) is 4.08. The monoisotopic (exact) mass is 420 g/mol. The van der Waals surface area contributed by atoms with Crippen molar-refractivity contribution < 1.29 is 23.5 Å². The highest BCUT2D eigenvalue weighted by Crippen LogP contribution is 2.55. The van der Waals surface area contributed by atoms with Crippen molar-refractivity contribution in [2.24, 2.45) is 0 Å². The van der Waals surface area contributed by atoms with Crippen LogP contribution in [-0.4, -0.2) is 11.9 Å². The van der Waals surface area contributed by atoms with Crippen LogP contribution < -0.4 is 9.47 Å². The number of carbonyl (C=O) groups excluding carboxylic acids is 2. The van der Waals surface area contributed by atoms with Gasteiger partial charge in [-0.25, -0.2) is 9.59 Å². The Morgan fingerprint density at radius 2 is 1.19 bits per heavy atom. The molecule has 1 aliphatic rings. The normalized spacial score (nSPS) is 11.9. The predicted octanol–water partition coefficient (Wildman–Crippen LogP) is 5.88. The molecule has 5 aromatic rings. The van der Waals surface area contributed by atoms with Gasteiger partial charge in [0.15, 0.2) is 11.2 Å². The van der Waals surface area contributed by atoms with E-state index >= 15 is 0 Å². The quantitative estimate of drug-likeness (QED) is 0.263. The summed E-state index contributed by atoms with van der Waals surface area (Å²) in [5, 5.41) is 0.